The van der Waals surface area contributed by atoms with Crippen LogP contribution in [0.2, 0.25) is 4.34 Å². The number of ether oxygens (including phenoxy) is 2. The van der Waals surface area contributed by atoms with Crippen LogP contribution >= 0.6 is 22.9 Å². The molecule has 2 heterocycles. The van der Waals surface area contributed by atoms with E-state index in [9.17, 15) is 14.4 Å². The summed E-state index contributed by atoms with van der Waals surface area (Å²) in [7, 11) is 0. The van der Waals surface area contributed by atoms with E-state index in [1.807, 2.05) is 18.2 Å². The summed E-state index contributed by atoms with van der Waals surface area (Å²) in [6.07, 6.45) is 2.53. The van der Waals surface area contributed by atoms with Crippen LogP contribution in [0.1, 0.15) is 27.6 Å². The van der Waals surface area contributed by atoms with E-state index >= 15 is 0 Å². The van der Waals surface area contributed by atoms with E-state index in [0.717, 1.165) is 11.3 Å². The van der Waals surface area contributed by atoms with Gasteiger partial charge < -0.3 is 19.2 Å². The van der Waals surface area contributed by atoms with Crippen molar-refractivity contribution in [2.45, 2.75) is 6.92 Å². The first kappa shape index (κ1) is 20.6. The molecule has 0 saturated carbocycles. The SMILES string of the molecule is CCOC(=O)c1c(NC(=O)COC(=O)c2ccoc2)sc(Cl)c1-c1ccccc1. The van der Waals surface area contributed by atoms with Gasteiger partial charge in [0.2, 0.25) is 0 Å². The Kier molecular flexibility index (Phi) is 6.69. The van der Waals surface area contributed by atoms with E-state index in [4.69, 9.17) is 25.5 Å². The number of benzene rings is 1. The number of nitrogens with one attached hydrogen (secondary N) is 1. The van der Waals surface area contributed by atoms with Gasteiger partial charge in [0.1, 0.15) is 21.2 Å². The van der Waals surface area contributed by atoms with Gasteiger partial charge in [-0.1, -0.05) is 41.9 Å². The first-order valence-electron chi connectivity index (χ1n) is 8.55. The highest BCUT2D eigenvalue weighted by Gasteiger charge is 2.26. The largest absolute Gasteiger partial charge is 0.472 e. The van der Waals surface area contributed by atoms with Crippen LogP contribution < -0.4 is 5.32 Å². The molecule has 0 fully saturated rings. The van der Waals surface area contributed by atoms with Crippen molar-refractivity contribution in [1.29, 1.82) is 0 Å². The number of carbonyl (C=O) groups is 3. The zero-order valence-electron chi connectivity index (χ0n) is 15.3. The normalized spacial score (nSPS) is 10.4. The van der Waals surface area contributed by atoms with Crippen molar-refractivity contribution in [2.75, 3.05) is 18.5 Å². The predicted octanol–water partition coefficient (Wildman–Crippen LogP) is 4.63. The van der Waals surface area contributed by atoms with Crippen molar-refractivity contribution in [3.05, 3.63) is 64.4 Å². The first-order valence-corrected chi connectivity index (χ1v) is 9.74. The van der Waals surface area contributed by atoms with Crippen molar-refractivity contribution in [2.24, 2.45) is 0 Å². The highest BCUT2D eigenvalue weighted by Crippen LogP contribution is 2.43. The zero-order chi connectivity index (χ0) is 20.8. The smallest absolute Gasteiger partial charge is 0.341 e. The summed E-state index contributed by atoms with van der Waals surface area (Å²) in [5.74, 6) is -1.93. The molecule has 1 amide bonds. The van der Waals surface area contributed by atoms with Gasteiger partial charge in [-0.2, -0.15) is 0 Å². The van der Waals surface area contributed by atoms with Crippen LogP contribution in [-0.2, 0) is 14.3 Å². The van der Waals surface area contributed by atoms with Gasteiger partial charge in [0.25, 0.3) is 5.91 Å². The molecule has 150 valence electrons. The molecule has 29 heavy (non-hydrogen) atoms. The van der Waals surface area contributed by atoms with E-state index in [0.29, 0.717) is 15.5 Å². The molecule has 3 aromatic rings. The fourth-order valence-electron chi connectivity index (χ4n) is 2.51. The molecule has 9 heteroatoms. The van der Waals surface area contributed by atoms with Gasteiger partial charge in [0.15, 0.2) is 6.61 Å². The Morgan fingerprint density at radius 3 is 2.52 bits per heavy atom. The summed E-state index contributed by atoms with van der Waals surface area (Å²) in [6.45, 7) is 1.31. The maximum Gasteiger partial charge on any atom is 0.341 e. The van der Waals surface area contributed by atoms with E-state index in [2.05, 4.69) is 5.32 Å². The number of halogens is 1. The molecule has 7 nitrogen and oxygen atoms in total. The number of hydrogen-bond donors (Lipinski definition) is 1. The minimum absolute atomic E-state index is 0.155. The van der Waals surface area contributed by atoms with Crippen molar-refractivity contribution in [3.8, 4) is 11.1 Å². The number of thiophene rings is 1. The second kappa shape index (κ2) is 9.40. The van der Waals surface area contributed by atoms with E-state index in [-0.39, 0.29) is 22.7 Å². The number of carbonyl (C=O) groups excluding carboxylic acids is 3. The summed E-state index contributed by atoms with van der Waals surface area (Å²) in [5.41, 5.74) is 1.53. The second-order valence-electron chi connectivity index (χ2n) is 5.68. The van der Waals surface area contributed by atoms with Gasteiger partial charge in [-0.25, -0.2) is 9.59 Å². The molecule has 0 saturated heterocycles. The highest BCUT2D eigenvalue weighted by atomic mass is 35.5. The van der Waals surface area contributed by atoms with E-state index in [1.54, 1.807) is 19.1 Å². The van der Waals surface area contributed by atoms with Crippen LogP contribution in [-0.4, -0.2) is 31.1 Å². The fourth-order valence-corrected chi connectivity index (χ4v) is 3.90. The van der Waals surface area contributed by atoms with Crippen LogP contribution in [0.5, 0.6) is 0 Å². The molecule has 1 N–H and O–H groups in total. The van der Waals surface area contributed by atoms with Gasteiger partial charge in [-0.3, -0.25) is 4.79 Å². The Bertz CT molecular complexity index is 1010. The van der Waals surface area contributed by atoms with Crippen molar-refractivity contribution >= 4 is 45.8 Å². The standard InChI is InChI=1S/C20H16ClNO6S/c1-2-27-20(25)16-15(12-6-4-3-5-7-12)17(21)29-18(16)22-14(23)11-28-19(24)13-8-9-26-10-13/h3-10H,2,11H2,1H3,(H,22,23). The van der Waals surface area contributed by atoms with Crippen LogP contribution in [0.15, 0.2) is 53.3 Å². The highest BCUT2D eigenvalue weighted by molar-refractivity contribution is 7.21. The summed E-state index contributed by atoms with van der Waals surface area (Å²) < 4.78 is 15.2. The third-order valence-electron chi connectivity index (χ3n) is 3.75. The molecule has 3 rings (SSSR count). The summed E-state index contributed by atoms with van der Waals surface area (Å²) in [4.78, 5) is 36.6. The predicted molar refractivity (Wildman–Crippen MR) is 108 cm³/mol. The summed E-state index contributed by atoms with van der Waals surface area (Å²) >= 11 is 7.40. The average Bonchev–Trinajstić information content (AvgIpc) is 3.35. The number of hydrogen-bond acceptors (Lipinski definition) is 7. The van der Waals surface area contributed by atoms with Gasteiger partial charge in [0, 0.05) is 5.56 Å². The number of rotatable bonds is 7. The number of esters is 2. The fraction of sp³-hybridized carbons (Fsp3) is 0.150. The third-order valence-corrected chi connectivity index (χ3v) is 5.07. The van der Waals surface area contributed by atoms with E-state index in [1.165, 1.54) is 18.6 Å². The van der Waals surface area contributed by atoms with Gasteiger partial charge in [-0.05, 0) is 18.6 Å². The van der Waals surface area contributed by atoms with Crippen LogP contribution in [0.4, 0.5) is 5.00 Å². The number of anilines is 1. The van der Waals surface area contributed by atoms with Crippen molar-refractivity contribution in [1.82, 2.24) is 0 Å². The van der Waals surface area contributed by atoms with Crippen LogP contribution in [0.3, 0.4) is 0 Å². The van der Waals surface area contributed by atoms with Gasteiger partial charge in [0.05, 0.1) is 18.4 Å². The average molecular weight is 434 g/mol. The number of furan rings is 1. The maximum atomic E-state index is 12.6. The zero-order valence-corrected chi connectivity index (χ0v) is 16.8. The Hall–Kier alpha value is -3.10. The molecule has 0 atom stereocenters. The minimum Gasteiger partial charge on any atom is -0.472 e. The Morgan fingerprint density at radius 1 is 1.10 bits per heavy atom. The molecule has 0 spiro atoms. The Balaban J connectivity index is 1.82. The lowest BCUT2D eigenvalue weighted by Crippen LogP contribution is -2.21. The van der Waals surface area contributed by atoms with Crippen LogP contribution in [0, 0.1) is 0 Å². The summed E-state index contributed by atoms with van der Waals surface area (Å²) in [6, 6.07) is 10.5. The second-order valence-corrected chi connectivity index (χ2v) is 7.30. The lowest BCUT2D eigenvalue weighted by Gasteiger charge is -2.09. The van der Waals surface area contributed by atoms with Gasteiger partial charge >= 0.3 is 11.9 Å². The molecule has 0 unspecified atom stereocenters. The third kappa shape index (κ3) is 4.85. The molecule has 0 aliphatic heterocycles. The molecule has 0 bridgehead atoms. The molecular weight excluding hydrogens is 418 g/mol. The molecule has 0 radical (unpaired) electrons. The Morgan fingerprint density at radius 2 is 1.86 bits per heavy atom. The molecule has 1 aromatic carbocycles. The molecule has 0 aliphatic carbocycles. The lowest BCUT2D eigenvalue weighted by atomic mass is 10.0. The molecule has 0 aliphatic rings. The summed E-state index contributed by atoms with van der Waals surface area (Å²) in [5, 5.41) is 2.79. The minimum atomic E-state index is -0.700. The van der Waals surface area contributed by atoms with Gasteiger partial charge in [-0.15, -0.1) is 11.3 Å². The maximum absolute atomic E-state index is 12.6. The van der Waals surface area contributed by atoms with Crippen molar-refractivity contribution in [3.63, 3.8) is 0 Å². The first-order chi connectivity index (χ1) is 14.0. The van der Waals surface area contributed by atoms with Crippen molar-refractivity contribution < 1.29 is 28.3 Å². The monoisotopic (exact) mass is 433 g/mol. The van der Waals surface area contributed by atoms with Crippen LogP contribution in [0.25, 0.3) is 11.1 Å². The topological polar surface area (TPSA) is 94.8 Å². The number of amides is 1. The lowest BCUT2D eigenvalue weighted by molar-refractivity contribution is -0.119. The Labute approximate surface area is 175 Å². The quantitative estimate of drug-likeness (QED) is 0.545. The molecule has 2 aromatic heterocycles. The molecular formula is C20H16ClNO6S. The van der Waals surface area contributed by atoms with E-state index < -0.39 is 24.5 Å².